The number of hydrogen-bond acceptors (Lipinski definition) is 6. The predicted molar refractivity (Wildman–Crippen MR) is 98.1 cm³/mol. The molecule has 2 rings (SSSR count). The summed E-state index contributed by atoms with van der Waals surface area (Å²) >= 11 is 0. The molecule has 0 saturated carbocycles. The Morgan fingerprint density at radius 1 is 1.23 bits per heavy atom. The van der Waals surface area contributed by atoms with Crippen molar-refractivity contribution in [3.63, 3.8) is 0 Å². The number of carbonyl (C=O) groups excluding carboxylic acids is 1. The summed E-state index contributed by atoms with van der Waals surface area (Å²) in [5.41, 5.74) is 0.306. The van der Waals surface area contributed by atoms with Gasteiger partial charge in [0.15, 0.2) is 0 Å². The number of carbonyl (C=O) groups is 1. The molecule has 0 fully saturated rings. The maximum absolute atomic E-state index is 12.8. The van der Waals surface area contributed by atoms with Crippen LogP contribution in [0.2, 0.25) is 0 Å². The zero-order valence-electron chi connectivity index (χ0n) is 14.8. The Labute approximate surface area is 150 Å². The topological polar surface area (TPSA) is 97.0 Å². The van der Waals surface area contributed by atoms with Crippen LogP contribution in [-0.4, -0.2) is 16.2 Å². The summed E-state index contributed by atoms with van der Waals surface area (Å²) in [6, 6.07) is 6.38. The van der Waals surface area contributed by atoms with Gasteiger partial charge in [-0.15, -0.1) is 0 Å². The lowest BCUT2D eigenvalue weighted by Gasteiger charge is -2.08. The first-order chi connectivity index (χ1) is 12.4. The molecule has 0 aliphatic rings. The molecule has 1 aromatic carbocycles. The molecule has 6 heteroatoms. The fraction of sp³-hybridized carbons (Fsp3) is 0.200. The zero-order valence-corrected chi connectivity index (χ0v) is 14.8. The predicted octanol–water partition coefficient (Wildman–Crippen LogP) is 4.29. The summed E-state index contributed by atoms with van der Waals surface area (Å²) in [7, 11) is 0. The van der Waals surface area contributed by atoms with Gasteiger partial charge >= 0.3 is 5.97 Å². The minimum absolute atomic E-state index is 0.0302. The molecule has 0 saturated heterocycles. The molecule has 0 aliphatic carbocycles. The van der Waals surface area contributed by atoms with E-state index in [0.29, 0.717) is 11.3 Å². The van der Waals surface area contributed by atoms with E-state index < -0.39 is 5.43 Å². The minimum Gasteiger partial charge on any atom is -0.508 e. The van der Waals surface area contributed by atoms with Crippen molar-refractivity contribution in [1.82, 2.24) is 0 Å². The second-order valence-electron chi connectivity index (χ2n) is 5.50. The van der Waals surface area contributed by atoms with Crippen LogP contribution >= 0.6 is 0 Å². The second-order valence-corrected chi connectivity index (χ2v) is 5.50. The molecular weight excluding hydrogens is 336 g/mol. The summed E-state index contributed by atoms with van der Waals surface area (Å²) in [4.78, 5) is 24.1. The number of esters is 1. The maximum atomic E-state index is 12.8. The van der Waals surface area contributed by atoms with Crippen LogP contribution in [0.1, 0.15) is 31.6 Å². The van der Waals surface area contributed by atoms with E-state index in [4.69, 9.17) is 9.15 Å². The van der Waals surface area contributed by atoms with Crippen LogP contribution in [0.3, 0.4) is 0 Å². The number of ether oxygens (including phenoxy) is 1. The van der Waals surface area contributed by atoms with Crippen LogP contribution in [0.5, 0.6) is 5.75 Å². The van der Waals surface area contributed by atoms with Crippen molar-refractivity contribution in [3.05, 3.63) is 70.0 Å². The number of rotatable bonds is 5. The van der Waals surface area contributed by atoms with Gasteiger partial charge in [-0.1, -0.05) is 19.1 Å². The number of aliphatic hydroxyl groups is 2. The van der Waals surface area contributed by atoms with Crippen molar-refractivity contribution in [2.75, 3.05) is 0 Å². The third kappa shape index (κ3) is 4.22. The number of aryl methyl sites for hydroxylation is 1. The molecule has 2 aromatic rings. The van der Waals surface area contributed by atoms with Gasteiger partial charge in [0.1, 0.15) is 34.9 Å². The average molecular weight is 356 g/mol. The quantitative estimate of drug-likeness (QED) is 0.359. The Hall–Kier alpha value is -3.28. The van der Waals surface area contributed by atoms with Gasteiger partial charge in [-0.3, -0.25) is 9.59 Å². The van der Waals surface area contributed by atoms with Crippen LogP contribution in [-0.2, 0) is 4.79 Å². The van der Waals surface area contributed by atoms with Crippen LogP contribution < -0.4 is 10.2 Å². The van der Waals surface area contributed by atoms with Gasteiger partial charge in [-0.2, -0.15) is 0 Å². The van der Waals surface area contributed by atoms with Gasteiger partial charge in [-0.25, -0.2) is 0 Å². The summed E-state index contributed by atoms with van der Waals surface area (Å²) < 4.78 is 10.5. The van der Waals surface area contributed by atoms with Crippen LogP contribution in [0, 0.1) is 6.92 Å². The normalized spacial score (nSPS) is 12.1. The smallest absolute Gasteiger partial charge is 0.310 e. The van der Waals surface area contributed by atoms with Gasteiger partial charge in [0.25, 0.3) is 0 Å². The molecule has 1 aromatic heterocycles. The van der Waals surface area contributed by atoms with Crippen molar-refractivity contribution in [2.24, 2.45) is 0 Å². The van der Waals surface area contributed by atoms with Crippen molar-refractivity contribution in [3.8, 4) is 16.9 Å². The molecule has 0 radical (unpaired) electrons. The number of hydrogen-bond donors (Lipinski definition) is 2. The summed E-state index contributed by atoms with van der Waals surface area (Å²) in [5, 5.41) is 19.7. The van der Waals surface area contributed by atoms with Gasteiger partial charge in [0.05, 0.1) is 5.56 Å². The Morgan fingerprint density at radius 3 is 2.46 bits per heavy atom. The molecule has 136 valence electrons. The fourth-order valence-corrected chi connectivity index (χ4v) is 2.25. The van der Waals surface area contributed by atoms with E-state index in [0.717, 1.165) is 6.08 Å². The van der Waals surface area contributed by atoms with E-state index in [9.17, 15) is 19.8 Å². The molecule has 2 N–H and O–H groups in total. The zero-order chi connectivity index (χ0) is 19.3. The number of allylic oxidation sites excluding steroid dienone is 2. The first-order valence-corrected chi connectivity index (χ1v) is 8.07. The van der Waals surface area contributed by atoms with Crippen molar-refractivity contribution in [2.45, 2.75) is 27.2 Å². The highest BCUT2D eigenvalue weighted by Crippen LogP contribution is 2.23. The average Bonchev–Trinajstić information content (AvgIpc) is 2.62. The summed E-state index contributed by atoms with van der Waals surface area (Å²) in [6.45, 7) is 4.84. The Kier molecular flexibility index (Phi) is 6.01. The minimum atomic E-state index is -0.440. The Balaban J connectivity index is 2.46. The van der Waals surface area contributed by atoms with E-state index in [-0.39, 0.29) is 40.8 Å². The highest BCUT2D eigenvalue weighted by atomic mass is 16.5. The lowest BCUT2D eigenvalue weighted by molar-refractivity contribution is -0.134. The fourth-order valence-electron chi connectivity index (χ4n) is 2.25. The van der Waals surface area contributed by atoms with E-state index in [1.54, 1.807) is 45.0 Å². The monoisotopic (exact) mass is 356 g/mol. The number of benzene rings is 1. The van der Waals surface area contributed by atoms with Gasteiger partial charge in [0.2, 0.25) is 5.43 Å². The van der Waals surface area contributed by atoms with Gasteiger partial charge in [0, 0.05) is 12.5 Å². The first kappa shape index (κ1) is 19.1. The largest absolute Gasteiger partial charge is 0.508 e. The van der Waals surface area contributed by atoms with E-state index in [1.165, 1.54) is 12.3 Å². The third-order valence-corrected chi connectivity index (χ3v) is 3.70. The maximum Gasteiger partial charge on any atom is 0.310 e. The standard InChI is InChI=1S/C20H20O6/c1-4-14(21)10-17(22)19-12(3)25-11-16(20(19)24)13-6-8-15(9-7-13)26-18(23)5-2/h4,6-11,21-22H,5H2,1-3H3/b14-4+,17-10+. The van der Waals surface area contributed by atoms with Gasteiger partial charge < -0.3 is 19.4 Å². The van der Waals surface area contributed by atoms with Crippen molar-refractivity contribution < 1.29 is 24.2 Å². The lowest BCUT2D eigenvalue weighted by atomic mass is 10.0. The van der Waals surface area contributed by atoms with E-state index >= 15 is 0 Å². The highest BCUT2D eigenvalue weighted by molar-refractivity contribution is 5.73. The molecule has 0 unspecified atom stereocenters. The van der Waals surface area contributed by atoms with Crippen LogP contribution in [0.15, 0.2) is 57.7 Å². The highest BCUT2D eigenvalue weighted by Gasteiger charge is 2.16. The lowest BCUT2D eigenvalue weighted by Crippen LogP contribution is -2.13. The molecule has 1 heterocycles. The molecule has 0 atom stereocenters. The van der Waals surface area contributed by atoms with E-state index in [1.807, 2.05) is 0 Å². The van der Waals surface area contributed by atoms with E-state index in [2.05, 4.69) is 0 Å². The molecule has 26 heavy (non-hydrogen) atoms. The van der Waals surface area contributed by atoms with Crippen molar-refractivity contribution >= 4 is 11.7 Å². The third-order valence-electron chi connectivity index (χ3n) is 3.70. The van der Waals surface area contributed by atoms with Crippen molar-refractivity contribution in [1.29, 1.82) is 0 Å². The van der Waals surface area contributed by atoms with Crippen LogP contribution in [0.4, 0.5) is 0 Å². The Bertz CT molecular complexity index is 916. The number of aliphatic hydroxyl groups excluding tert-OH is 2. The first-order valence-electron chi connectivity index (χ1n) is 8.07. The molecular formula is C20H20O6. The molecule has 0 spiro atoms. The Morgan fingerprint density at radius 2 is 1.88 bits per heavy atom. The summed E-state index contributed by atoms with van der Waals surface area (Å²) in [5.74, 6) is -0.312. The SMILES string of the molecule is C/C=C(O)\C=C(\O)c1c(C)occ(-c2ccc(OC(=O)CC)cc2)c1=O. The second kappa shape index (κ2) is 8.20. The molecule has 0 bridgehead atoms. The molecule has 0 aliphatic heterocycles. The van der Waals surface area contributed by atoms with Gasteiger partial charge in [-0.05, 0) is 37.6 Å². The van der Waals surface area contributed by atoms with Crippen LogP contribution in [0.25, 0.3) is 16.9 Å². The molecule has 6 nitrogen and oxygen atoms in total. The summed E-state index contributed by atoms with van der Waals surface area (Å²) in [6.07, 6.45) is 4.03. The molecule has 0 amide bonds.